The maximum absolute atomic E-state index is 11.2. The third kappa shape index (κ3) is 3.92. The molecule has 20 heavy (non-hydrogen) atoms. The SMILES string of the molecule is CNC(=O)OCC(Cc1ccc(Cl)cc1)n1ncnn1. The van der Waals surface area contributed by atoms with Crippen LogP contribution in [0.5, 0.6) is 0 Å². The first-order chi connectivity index (χ1) is 9.69. The van der Waals surface area contributed by atoms with Crippen LogP contribution in [0, 0.1) is 0 Å². The molecular weight excluding hydrogens is 282 g/mol. The molecule has 1 heterocycles. The van der Waals surface area contributed by atoms with E-state index in [1.165, 1.54) is 18.2 Å². The summed E-state index contributed by atoms with van der Waals surface area (Å²) in [5, 5.41) is 14.6. The highest BCUT2D eigenvalue weighted by Gasteiger charge is 2.16. The van der Waals surface area contributed by atoms with Gasteiger partial charge in [0.2, 0.25) is 0 Å². The number of amides is 1. The predicted octanol–water partition coefficient (Wildman–Crippen LogP) is 1.47. The van der Waals surface area contributed by atoms with E-state index in [4.69, 9.17) is 16.3 Å². The highest BCUT2D eigenvalue weighted by molar-refractivity contribution is 6.30. The first-order valence-electron chi connectivity index (χ1n) is 6.00. The molecule has 1 unspecified atom stereocenters. The van der Waals surface area contributed by atoms with E-state index in [2.05, 4.69) is 20.7 Å². The molecule has 0 bridgehead atoms. The summed E-state index contributed by atoms with van der Waals surface area (Å²) < 4.78 is 5.07. The van der Waals surface area contributed by atoms with Gasteiger partial charge in [0.15, 0.2) is 6.33 Å². The fraction of sp³-hybridized carbons (Fsp3) is 0.333. The summed E-state index contributed by atoms with van der Waals surface area (Å²) in [6.07, 6.45) is 1.45. The number of benzene rings is 1. The number of halogens is 1. The minimum Gasteiger partial charge on any atom is -0.447 e. The quantitative estimate of drug-likeness (QED) is 0.903. The van der Waals surface area contributed by atoms with Crippen molar-refractivity contribution in [1.82, 2.24) is 25.5 Å². The van der Waals surface area contributed by atoms with Crippen molar-refractivity contribution in [2.24, 2.45) is 0 Å². The van der Waals surface area contributed by atoms with Crippen molar-refractivity contribution in [3.63, 3.8) is 0 Å². The van der Waals surface area contributed by atoms with Gasteiger partial charge < -0.3 is 10.1 Å². The highest BCUT2D eigenvalue weighted by atomic mass is 35.5. The molecule has 1 N–H and O–H groups in total. The Labute approximate surface area is 120 Å². The summed E-state index contributed by atoms with van der Waals surface area (Å²) in [5.74, 6) is 0. The molecule has 1 atom stereocenters. The van der Waals surface area contributed by atoms with Gasteiger partial charge in [0.05, 0.1) is 0 Å². The zero-order chi connectivity index (χ0) is 14.4. The molecule has 0 aliphatic carbocycles. The van der Waals surface area contributed by atoms with Gasteiger partial charge in [0.25, 0.3) is 0 Å². The Bertz CT molecular complexity index is 543. The van der Waals surface area contributed by atoms with Gasteiger partial charge in [0, 0.05) is 18.5 Å². The third-order valence-corrected chi connectivity index (χ3v) is 2.94. The molecule has 0 aliphatic heterocycles. The van der Waals surface area contributed by atoms with Crippen LogP contribution in [0.3, 0.4) is 0 Å². The molecule has 2 aromatic rings. The number of ether oxygens (including phenoxy) is 1. The van der Waals surface area contributed by atoms with E-state index in [1.807, 2.05) is 24.3 Å². The van der Waals surface area contributed by atoms with Gasteiger partial charge in [-0.3, -0.25) is 0 Å². The number of alkyl carbamates (subject to hydrolysis) is 1. The van der Waals surface area contributed by atoms with Crippen LogP contribution in [-0.4, -0.2) is 40.0 Å². The molecule has 0 aliphatic rings. The lowest BCUT2D eigenvalue weighted by molar-refractivity contribution is 0.123. The van der Waals surface area contributed by atoms with Crippen molar-refractivity contribution in [3.8, 4) is 0 Å². The second kappa shape index (κ2) is 6.85. The number of tetrazole rings is 1. The molecule has 1 aromatic heterocycles. The molecular formula is C12H14ClN5O2. The van der Waals surface area contributed by atoms with Gasteiger partial charge in [-0.25, -0.2) is 4.79 Å². The van der Waals surface area contributed by atoms with Crippen molar-refractivity contribution in [2.75, 3.05) is 13.7 Å². The van der Waals surface area contributed by atoms with Gasteiger partial charge in [-0.1, -0.05) is 23.7 Å². The van der Waals surface area contributed by atoms with Crippen molar-refractivity contribution >= 4 is 17.7 Å². The van der Waals surface area contributed by atoms with E-state index < -0.39 is 6.09 Å². The van der Waals surface area contributed by atoms with Gasteiger partial charge in [-0.05, 0) is 22.9 Å². The molecule has 8 heteroatoms. The summed E-state index contributed by atoms with van der Waals surface area (Å²) >= 11 is 5.85. The van der Waals surface area contributed by atoms with Crippen molar-refractivity contribution < 1.29 is 9.53 Å². The summed E-state index contributed by atoms with van der Waals surface area (Å²) in [4.78, 5) is 12.6. The second-order valence-electron chi connectivity index (χ2n) is 4.09. The lowest BCUT2D eigenvalue weighted by Crippen LogP contribution is -2.26. The van der Waals surface area contributed by atoms with Crippen LogP contribution in [0.2, 0.25) is 5.02 Å². The number of hydrogen-bond acceptors (Lipinski definition) is 5. The summed E-state index contributed by atoms with van der Waals surface area (Å²) in [7, 11) is 1.50. The predicted molar refractivity (Wildman–Crippen MR) is 72.4 cm³/mol. The Morgan fingerprint density at radius 3 is 2.80 bits per heavy atom. The standard InChI is InChI=1S/C12H14ClN5O2/c1-14-12(19)20-7-11(18-16-8-15-17-18)6-9-2-4-10(13)5-3-9/h2-5,8,11H,6-7H2,1H3,(H,14,19). The van der Waals surface area contributed by atoms with Crippen molar-refractivity contribution in [1.29, 1.82) is 0 Å². The van der Waals surface area contributed by atoms with Gasteiger partial charge in [-0.15, -0.1) is 10.2 Å². The zero-order valence-electron chi connectivity index (χ0n) is 10.9. The Kier molecular flexibility index (Phi) is 4.89. The molecule has 7 nitrogen and oxygen atoms in total. The smallest absolute Gasteiger partial charge is 0.406 e. The van der Waals surface area contributed by atoms with Crippen molar-refractivity contribution in [3.05, 3.63) is 41.2 Å². The molecule has 0 spiro atoms. The number of nitrogens with one attached hydrogen (secondary N) is 1. The molecule has 0 radical (unpaired) electrons. The summed E-state index contributed by atoms with van der Waals surface area (Å²) in [5.41, 5.74) is 1.04. The van der Waals surface area contributed by atoms with Crippen LogP contribution in [0.15, 0.2) is 30.6 Å². The summed E-state index contributed by atoms with van der Waals surface area (Å²) in [6.45, 7) is 0.151. The largest absolute Gasteiger partial charge is 0.447 e. The fourth-order valence-electron chi connectivity index (χ4n) is 1.69. The normalized spacial score (nSPS) is 11.9. The Balaban J connectivity index is 2.06. The van der Waals surface area contributed by atoms with Crippen molar-refractivity contribution in [2.45, 2.75) is 12.5 Å². The minimum atomic E-state index is -0.494. The number of aromatic nitrogens is 4. The monoisotopic (exact) mass is 295 g/mol. The van der Waals surface area contributed by atoms with Gasteiger partial charge in [0.1, 0.15) is 12.6 Å². The van der Waals surface area contributed by atoms with E-state index in [0.29, 0.717) is 11.4 Å². The van der Waals surface area contributed by atoms with E-state index in [0.717, 1.165) is 5.56 Å². The first-order valence-corrected chi connectivity index (χ1v) is 6.38. The molecule has 2 rings (SSSR count). The lowest BCUT2D eigenvalue weighted by atomic mass is 10.1. The van der Waals surface area contributed by atoms with Crippen LogP contribution in [-0.2, 0) is 11.2 Å². The Hall–Kier alpha value is -2.15. The van der Waals surface area contributed by atoms with Crippen LogP contribution >= 0.6 is 11.6 Å². The topological polar surface area (TPSA) is 81.9 Å². The van der Waals surface area contributed by atoms with Crippen LogP contribution in [0.4, 0.5) is 4.79 Å². The summed E-state index contributed by atoms with van der Waals surface area (Å²) in [6, 6.07) is 7.21. The molecule has 0 saturated heterocycles. The van der Waals surface area contributed by atoms with E-state index >= 15 is 0 Å². The van der Waals surface area contributed by atoms with E-state index in [-0.39, 0.29) is 12.6 Å². The zero-order valence-corrected chi connectivity index (χ0v) is 11.6. The maximum atomic E-state index is 11.2. The van der Waals surface area contributed by atoms with Crippen LogP contribution in [0.25, 0.3) is 0 Å². The number of carbonyl (C=O) groups is 1. The number of hydrogen-bond donors (Lipinski definition) is 1. The second-order valence-corrected chi connectivity index (χ2v) is 4.53. The Morgan fingerprint density at radius 2 is 2.20 bits per heavy atom. The molecule has 0 saturated carbocycles. The lowest BCUT2D eigenvalue weighted by Gasteiger charge is -2.15. The molecule has 1 aromatic carbocycles. The average Bonchev–Trinajstić information content (AvgIpc) is 2.99. The molecule has 1 amide bonds. The third-order valence-electron chi connectivity index (χ3n) is 2.69. The van der Waals surface area contributed by atoms with E-state index in [9.17, 15) is 4.79 Å². The van der Waals surface area contributed by atoms with E-state index in [1.54, 1.807) is 0 Å². The highest BCUT2D eigenvalue weighted by Crippen LogP contribution is 2.16. The fourth-order valence-corrected chi connectivity index (χ4v) is 1.81. The van der Waals surface area contributed by atoms with Crippen LogP contribution in [0.1, 0.15) is 11.6 Å². The van der Waals surface area contributed by atoms with Gasteiger partial charge in [-0.2, -0.15) is 4.80 Å². The van der Waals surface area contributed by atoms with Crippen LogP contribution < -0.4 is 5.32 Å². The number of carbonyl (C=O) groups excluding carboxylic acids is 1. The molecule has 0 fully saturated rings. The number of rotatable bonds is 5. The average molecular weight is 296 g/mol. The van der Waals surface area contributed by atoms with Gasteiger partial charge >= 0.3 is 6.09 Å². The molecule has 106 valence electrons. The first kappa shape index (κ1) is 14.3. The Morgan fingerprint density at radius 1 is 1.45 bits per heavy atom. The minimum absolute atomic E-state index is 0.151. The number of nitrogens with zero attached hydrogens (tertiary/aromatic N) is 4. The maximum Gasteiger partial charge on any atom is 0.406 e.